The standard InChI is InChI=1S/C9H14N4O/c1-9(2,3)8(14)10-6-7-4-5-11-13-12-7/h4-5H,6H2,1-3H3,(H,10,14). The predicted molar refractivity (Wildman–Crippen MR) is 51.1 cm³/mol. The third-order valence-electron chi connectivity index (χ3n) is 1.67. The highest BCUT2D eigenvalue weighted by molar-refractivity contribution is 5.81. The lowest BCUT2D eigenvalue weighted by Crippen LogP contribution is -2.34. The fourth-order valence-corrected chi connectivity index (χ4v) is 0.796. The molecule has 0 aromatic carbocycles. The van der Waals surface area contributed by atoms with Gasteiger partial charge in [-0.05, 0) is 11.3 Å². The number of carbonyl (C=O) groups is 1. The summed E-state index contributed by atoms with van der Waals surface area (Å²) in [4.78, 5) is 11.5. The van der Waals surface area contributed by atoms with Crippen molar-refractivity contribution in [2.45, 2.75) is 27.3 Å². The topological polar surface area (TPSA) is 67.8 Å². The fraction of sp³-hybridized carbons (Fsp3) is 0.556. The number of amides is 1. The lowest BCUT2D eigenvalue weighted by Gasteiger charge is -2.16. The molecule has 1 aromatic rings. The van der Waals surface area contributed by atoms with Crippen LogP contribution in [0.3, 0.4) is 0 Å². The van der Waals surface area contributed by atoms with Crippen LogP contribution >= 0.6 is 0 Å². The summed E-state index contributed by atoms with van der Waals surface area (Å²) in [6, 6.07) is 1.72. The van der Waals surface area contributed by atoms with E-state index in [9.17, 15) is 4.79 Å². The van der Waals surface area contributed by atoms with Gasteiger partial charge in [-0.25, -0.2) is 0 Å². The third kappa shape index (κ3) is 3.08. The van der Waals surface area contributed by atoms with Gasteiger partial charge in [-0.3, -0.25) is 4.79 Å². The number of carbonyl (C=O) groups excluding carboxylic acids is 1. The van der Waals surface area contributed by atoms with Gasteiger partial charge in [0, 0.05) is 5.41 Å². The third-order valence-corrected chi connectivity index (χ3v) is 1.67. The van der Waals surface area contributed by atoms with Crippen LogP contribution in [0.2, 0.25) is 0 Å². The van der Waals surface area contributed by atoms with Crippen molar-refractivity contribution in [3.8, 4) is 0 Å². The summed E-state index contributed by atoms with van der Waals surface area (Å²) in [6.07, 6.45) is 1.55. The quantitative estimate of drug-likeness (QED) is 0.745. The van der Waals surface area contributed by atoms with Gasteiger partial charge in [-0.2, -0.15) is 0 Å². The molecule has 0 fully saturated rings. The maximum atomic E-state index is 11.5. The van der Waals surface area contributed by atoms with Gasteiger partial charge in [0.05, 0.1) is 18.4 Å². The van der Waals surface area contributed by atoms with E-state index in [1.54, 1.807) is 12.3 Å². The minimum absolute atomic E-state index is 0.00360. The van der Waals surface area contributed by atoms with Gasteiger partial charge in [0.2, 0.25) is 5.91 Å². The van der Waals surface area contributed by atoms with E-state index in [4.69, 9.17) is 0 Å². The summed E-state index contributed by atoms with van der Waals surface area (Å²) in [5.74, 6) is -0.00360. The molecule has 0 saturated carbocycles. The van der Waals surface area contributed by atoms with E-state index >= 15 is 0 Å². The van der Waals surface area contributed by atoms with E-state index in [2.05, 4.69) is 20.7 Å². The first-order valence-electron chi connectivity index (χ1n) is 4.42. The number of nitrogens with zero attached hydrogens (tertiary/aromatic N) is 3. The van der Waals surface area contributed by atoms with Crippen LogP contribution in [0.5, 0.6) is 0 Å². The molecule has 14 heavy (non-hydrogen) atoms. The molecule has 1 aromatic heterocycles. The van der Waals surface area contributed by atoms with Crippen molar-refractivity contribution < 1.29 is 4.79 Å². The number of hydrogen-bond acceptors (Lipinski definition) is 4. The molecule has 1 heterocycles. The summed E-state index contributed by atoms with van der Waals surface area (Å²) in [7, 11) is 0. The first-order valence-corrected chi connectivity index (χ1v) is 4.42. The number of rotatable bonds is 2. The van der Waals surface area contributed by atoms with Crippen molar-refractivity contribution in [3.05, 3.63) is 18.0 Å². The van der Waals surface area contributed by atoms with E-state index in [0.717, 1.165) is 0 Å². The van der Waals surface area contributed by atoms with Gasteiger partial charge in [0.15, 0.2) is 0 Å². The summed E-state index contributed by atoms with van der Waals surface area (Å²) in [6.45, 7) is 5.98. The first kappa shape index (κ1) is 10.6. The summed E-state index contributed by atoms with van der Waals surface area (Å²) in [5, 5.41) is 13.5. The Bertz CT molecular complexity index is 304. The maximum Gasteiger partial charge on any atom is 0.225 e. The van der Waals surface area contributed by atoms with Crippen LogP contribution < -0.4 is 5.32 Å². The molecule has 0 aliphatic heterocycles. The van der Waals surface area contributed by atoms with Gasteiger partial charge in [-0.1, -0.05) is 20.8 Å². The maximum absolute atomic E-state index is 11.5. The zero-order valence-corrected chi connectivity index (χ0v) is 8.61. The minimum atomic E-state index is -0.375. The van der Waals surface area contributed by atoms with Crippen molar-refractivity contribution in [1.82, 2.24) is 20.7 Å². The van der Waals surface area contributed by atoms with Crippen LogP contribution in [0.15, 0.2) is 12.3 Å². The summed E-state index contributed by atoms with van der Waals surface area (Å²) >= 11 is 0. The highest BCUT2D eigenvalue weighted by atomic mass is 16.2. The van der Waals surface area contributed by atoms with Crippen molar-refractivity contribution in [2.24, 2.45) is 5.41 Å². The molecule has 0 atom stereocenters. The lowest BCUT2D eigenvalue weighted by molar-refractivity contribution is -0.128. The number of hydrogen-bond donors (Lipinski definition) is 1. The molecule has 1 amide bonds. The highest BCUT2D eigenvalue weighted by Gasteiger charge is 2.20. The van der Waals surface area contributed by atoms with Crippen LogP contribution in [-0.2, 0) is 11.3 Å². The molecule has 0 bridgehead atoms. The second-order valence-electron chi connectivity index (χ2n) is 4.04. The second kappa shape index (κ2) is 4.13. The smallest absolute Gasteiger partial charge is 0.225 e. The first-order chi connectivity index (χ1) is 6.50. The summed E-state index contributed by atoms with van der Waals surface area (Å²) < 4.78 is 0. The molecule has 0 saturated heterocycles. The zero-order valence-electron chi connectivity index (χ0n) is 8.61. The van der Waals surface area contributed by atoms with Crippen molar-refractivity contribution in [3.63, 3.8) is 0 Å². The van der Waals surface area contributed by atoms with Crippen molar-refractivity contribution >= 4 is 5.91 Å². The Morgan fingerprint density at radius 3 is 2.71 bits per heavy atom. The van der Waals surface area contributed by atoms with Crippen LogP contribution in [-0.4, -0.2) is 21.3 Å². The van der Waals surface area contributed by atoms with E-state index in [1.165, 1.54) is 0 Å². The van der Waals surface area contributed by atoms with E-state index in [1.807, 2.05) is 20.8 Å². The Balaban J connectivity index is 2.46. The van der Waals surface area contributed by atoms with Crippen molar-refractivity contribution in [1.29, 1.82) is 0 Å². The van der Waals surface area contributed by atoms with Gasteiger partial charge in [0.1, 0.15) is 0 Å². The number of aromatic nitrogens is 3. The predicted octanol–water partition coefficient (Wildman–Crippen LogP) is 0.534. The van der Waals surface area contributed by atoms with Crippen LogP contribution in [0.4, 0.5) is 0 Å². The van der Waals surface area contributed by atoms with E-state index in [0.29, 0.717) is 12.2 Å². The normalized spacial score (nSPS) is 11.1. The average molecular weight is 194 g/mol. The lowest BCUT2D eigenvalue weighted by atomic mass is 9.96. The largest absolute Gasteiger partial charge is 0.350 e. The number of nitrogens with one attached hydrogen (secondary N) is 1. The van der Waals surface area contributed by atoms with E-state index in [-0.39, 0.29) is 11.3 Å². The molecule has 1 rings (SSSR count). The van der Waals surface area contributed by atoms with Crippen LogP contribution in [0.25, 0.3) is 0 Å². The Morgan fingerprint density at radius 2 is 2.21 bits per heavy atom. The van der Waals surface area contributed by atoms with Gasteiger partial charge < -0.3 is 5.32 Å². The molecule has 5 nitrogen and oxygen atoms in total. The summed E-state index contributed by atoms with van der Waals surface area (Å²) in [5.41, 5.74) is 0.332. The monoisotopic (exact) mass is 194 g/mol. The van der Waals surface area contributed by atoms with Gasteiger partial charge in [0.25, 0.3) is 0 Å². The SMILES string of the molecule is CC(C)(C)C(=O)NCc1ccnnn1. The average Bonchev–Trinajstić information content (AvgIpc) is 2.14. The van der Waals surface area contributed by atoms with Crippen molar-refractivity contribution in [2.75, 3.05) is 0 Å². The molecule has 0 radical (unpaired) electrons. The minimum Gasteiger partial charge on any atom is -0.350 e. The molecular weight excluding hydrogens is 180 g/mol. The van der Waals surface area contributed by atoms with E-state index < -0.39 is 0 Å². The molecule has 0 spiro atoms. The molecule has 0 aliphatic carbocycles. The fourth-order valence-electron chi connectivity index (χ4n) is 0.796. The Kier molecular flexibility index (Phi) is 3.11. The molecule has 0 aliphatic rings. The second-order valence-corrected chi connectivity index (χ2v) is 4.04. The van der Waals surface area contributed by atoms with Crippen LogP contribution in [0, 0.1) is 5.41 Å². The van der Waals surface area contributed by atoms with Gasteiger partial charge >= 0.3 is 0 Å². The molecular formula is C9H14N4O. The zero-order chi connectivity index (χ0) is 10.6. The molecule has 1 N–H and O–H groups in total. The molecule has 76 valence electrons. The molecule has 5 heteroatoms. The highest BCUT2D eigenvalue weighted by Crippen LogP contribution is 2.12. The van der Waals surface area contributed by atoms with Crippen LogP contribution in [0.1, 0.15) is 26.5 Å². The molecule has 0 unspecified atom stereocenters. The van der Waals surface area contributed by atoms with Gasteiger partial charge in [-0.15, -0.1) is 10.2 Å². The Morgan fingerprint density at radius 1 is 1.50 bits per heavy atom. The Labute approximate surface area is 82.9 Å². The Hall–Kier alpha value is -1.52.